The van der Waals surface area contributed by atoms with Crippen LogP contribution in [-0.2, 0) is 10.3 Å². The first-order chi connectivity index (χ1) is 11.8. The number of hydrogen-bond acceptors (Lipinski definition) is 6. The molecule has 2 aromatic rings. The van der Waals surface area contributed by atoms with Gasteiger partial charge in [-0.1, -0.05) is 11.6 Å². The third kappa shape index (κ3) is 3.62. The van der Waals surface area contributed by atoms with E-state index in [0.717, 1.165) is 16.3 Å². The van der Waals surface area contributed by atoms with Crippen LogP contribution >= 0.6 is 11.6 Å². The number of aromatic nitrogens is 2. The van der Waals surface area contributed by atoms with E-state index in [4.69, 9.17) is 26.8 Å². The van der Waals surface area contributed by atoms with Crippen LogP contribution in [0.1, 0.15) is 26.3 Å². The number of nitrogens with zero attached hydrogens (tertiary/aromatic N) is 3. The minimum atomic E-state index is -0.578. The highest BCUT2D eigenvalue weighted by Gasteiger charge is 2.34. The van der Waals surface area contributed by atoms with Crippen molar-refractivity contribution in [2.45, 2.75) is 32.4 Å². The van der Waals surface area contributed by atoms with Crippen molar-refractivity contribution in [2.75, 3.05) is 19.7 Å². The minimum absolute atomic E-state index is 0.132. The SMILES string of the molecule is CCOC(=O)N1CC(Oc2ncc(C(C)(C)N)c3cc(Cl)ncc23)C1. The van der Waals surface area contributed by atoms with Gasteiger partial charge in [-0.25, -0.2) is 14.8 Å². The highest BCUT2D eigenvalue weighted by molar-refractivity contribution is 6.30. The van der Waals surface area contributed by atoms with Crippen LogP contribution in [0, 0.1) is 0 Å². The largest absolute Gasteiger partial charge is 0.470 e. The molecule has 3 heterocycles. The molecule has 0 radical (unpaired) electrons. The Bertz CT molecular complexity index is 800. The zero-order chi connectivity index (χ0) is 18.2. The molecular weight excluding hydrogens is 344 g/mol. The number of pyridine rings is 2. The fourth-order valence-corrected chi connectivity index (χ4v) is 2.89. The molecular formula is C17H21ClN4O3. The lowest BCUT2D eigenvalue weighted by Gasteiger charge is -2.37. The average Bonchev–Trinajstić information content (AvgIpc) is 2.48. The van der Waals surface area contributed by atoms with Crippen molar-refractivity contribution in [1.29, 1.82) is 0 Å². The Morgan fingerprint density at radius 2 is 2.08 bits per heavy atom. The maximum atomic E-state index is 11.6. The summed E-state index contributed by atoms with van der Waals surface area (Å²) in [7, 11) is 0. The summed E-state index contributed by atoms with van der Waals surface area (Å²) in [5.41, 5.74) is 6.52. The maximum Gasteiger partial charge on any atom is 0.410 e. The van der Waals surface area contributed by atoms with Crippen molar-refractivity contribution in [3.8, 4) is 5.88 Å². The van der Waals surface area contributed by atoms with Crippen LogP contribution in [0.3, 0.4) is 0 Å². The Hall–Kier alpha value is -2.12. The minimum Gasteiger partial charge on any atom is -0.470 e. The molecule has 0 bridgehead atoms. The van der Waals surface area contributed by atoms with E-state index in [1.807, 2.05) is 13.8 Å². The Kier molecular flexibility index (Phi) is 4.71. The second-order valence-electron chi connectivity index (χ2n) is 6.60. The van der Waals surface area contributed by atoms with Crippen molar-refractivity contribution in [1.82, 2.24) is 14.9 Å². The predicted molar refractivity (Wildman–Crippen MR) is 94.8 cm³/mol. The van der Waals surface area contributed by atoms with Crippen molar-refractivity contribution in [2.24, 2.45) is 5.73 Å². The van der Waals surface area contributed by atoms with Gasteiger partial charge in [0.15, 0.2) is 0 Å². The number of ether oxygens (including phenoxy) is 2. The van der Waals surface area contributed by atoms with E-state index in [1.165, 1.54) is 0 Å². The van der Waals surface area contributed by atoms with Crippen LogP contribution < -0.4 is 10.5 Å². The molecule has 134 valence electrons. The van der Waals surface area contributed by atoms with Gasteiger partial charge >= 0.3 is 6.09 Å². The lowest BCUT2D eigenvalue weighted by atomic mass is 9.93. The van der Waals surface area contributed by atoms with E-state index >= 15 is 0 Å². The van der Waals surface area contributed by atoms with Gasteiger partial charge in [0.1, 0.15) is 11.3 Å². The first-order valence-electron chi connectivity index (χ1n) is 8.11. The highest BCUT2D eigenvalue weighted by atomic mass is 35.5. The molecule has 1 aliphatic rings. The number of carbonyl (C=O) groups is 1. The number of halogens is 1. The number of likely N-dealkylation sites (tertiary alicyclic amines) is 1. The summed E-state index contributed by atoms with van der Waals surface area (Å²) in [6.45, 7) is 6.87. The molecule has 0 spiro atoms. The Balaban J connectivity index is 1.83. The molecule has 7 nitrogen and oxygen atoms in total. The van der Waals surface area contributed by atoms with Crippen molar-refractivity contribution >= 4 is 28.5 Å². The molecule has 1 fully saturated rings. The molecule has 1 saturated heterocycles. The molecule has 2 aromatic heterocycles. The summed E-state index contributed by atoms with van der Waals surface area (Å²) < 4.78 is 10.9. The van der Waals surface area contributed by atoms with E-state index in [-0.39, 0.29) is 12.2 Å². The predicted octanol–water partition coefficient (Wildman–Crippen LogP) is 2.70. The average molecular weight is 365 g/mol. The second-order valence-corrected chi connectivity index (χ2v) is 6.98. The molecule has 1 aliphatic heterocycles. The van der Waals surface area contributed by atoms with Gasteiger partial charge in [0.05, 0.1) is 25.1 Å². The van der Waals surface area contributed by atoms with Crippen LogP contribution in [0.4, 0.5) is 4.79 Å². The number of carbonyl (C=O) groups excluding carboxylic acids is 1. The van der Waals surface area contributed by atoms with E-state index in [9.17, 15) is 4.79 Å². The van der Waals surface area contributed by atoms with Crippen molar-refractivity contribution in [3.05, 3.63) is 29.2 Å². The smallest absolute Gasteiger partial charge is 0.410 e. The molecule has 2 N–H and O–H groups in total. The third-order valence-electron chi connectivity index (χ3n) is 4.05. The molecule has 0 saturated carbocycles. The van der Waals surface area contributed by atoms with Crippen molar-refractivity contribution < 1.29 is 14.3 Å². The zero-order valence-electron chi connectivity index (χ0n) is 14.5. The third-order valence-corrected chi connectivity index (χ3v) is 4.26. The van der Waals surface area contributed by atoms with Gasteiger partial charge < -0.3 is 20.1 Å². The lowest BCUT2D eigenvalue weighted by molar-refractivity contribution is 0.0114. The van der Waals surface area contributed by atoms with Gasteiger partial charge in [0.25, 0.3) is 0 Å². The number of rotatable bonds is 4. The first kappa shape index (κ1) is 17.7. The molecule has 3 rings (SSSR count). The van der Waals surface area contributed by atoms with Gasteiger partial charge in [-0.15, -0.1) is 0 Å². The summed E-state index contributed by atoms with van der Waals surface area (Å²) >= 11 is 6.05. The molecule has 0 atom stereocenters. The summed E-state index contributed by atoms with van der Waals surface area (Å²) in [5.74, 6) is 0.459. The molecule has 0 aromatic carbocycles. The number of amides is 1. The molecule has 0 unspecified atom stereocenters. The molecule has 25 heavy (non-hydrogen) atoms. The first-order valence-corrected chi connectivity index (χ1v) is 8.49. The van der Waals surface area contributed by atoms with Gasteiger partial charge in [0.2, 0.25) is 5.88 Å². The summed E-state index contributed by atoms with van der Waals surface area (Å²) in [5, 5.41) is 1.99. The van der Waals surface area contributed by atoms with Crippen LogP contribution in [0.2, 0.25) is 5.15 Å². The molecule has 0 aliphatic carbocycles. The standard InChI is InChI=1S/C17H21ClN4O3/c1-4-24-16(23)22-8-10(9-22)25-15-12-6-20-14(18)5-11(12)13(7-21-15)17(2,3)19/h5-7,10H,4,8-9,19H2,1-3H3. The Labute approximate surface area is 151 Å². The number of nitrogens with two attached hydrogens (primary N) is 1. The van der Waals surface area contributed by atoms with Gasteiger partial charge in [-0.3, -0.25) is 0 Å². The van der Waals surface area contributed by atoms with Crippen molar-refractivity contribution in [3.63, 3.8) is 0 Å². The molecule has 1 amide bonds. The van der Waals surface area contributed by atoms with E-state index in [1.54, 1.807) is 30.3 Å². The summed E-state index contributed by atoms with van der Waals surface area (Å²) in [6.07, 6.45) is 2.88. The van der Waals surface area contributed by atoms with Crippen LogP contribution in [-0.4, -0.2) is 46.8 Å². The second kappa shape index (κ2) is 6.65. The van der Waals surface area contributed by atoms with Crippen LogP contribution in [0.15, 0.2) is 18.5 Å². The Morgan fingerprint density at radius 1 is 1.36 bits per heavy atom. The topological polar surface area (TPSA) is 90.6 Å². The summed E-state index contributed by atoms with van der Waals surface area (Å²) in [6, 6.07) is 1.76. The zero-order valence-corrected chi connectivity index (χ0v) is 15.2. The van der Waals surface area contributed by atoms with E-state index in [0.29, 0.717) is 30.7 Å². The van der Waals surface area contributed by atoms with Gasteiger partial charge in [-0.2, -0.15) is 0 Å². The quantitative estimate of drug-likeness (QED) is 0.839. The van der Waals surface area contributed by atoms with Gasteiger partial charge in [0, 0.05) is 17.9 Å². The summed E-state index contributed by atoms with van der Waals surface area (Å²) in [4.78, 5) is 21.7. The fourth-order valence-electron chi connectivity index (χ4n) is 2.73. The number of fused-ring (bicyclic) bond motifs is 1. The monoisotopic (exact) mass is 364 g/mol. The normalized spacial score (nSPS) is 15.2. The van der Waals surface area contributed by atoms with Gasteiger partial charge in [-0.05, 0) is 37.8 Å². The van der Waals surface area contributed by atoms with E-state index in [2.05, 4.69) is 9.97 Å². The lowest BCUT2D eigenvalue weighted by Crippen LogP contribution is -2.56. The maximum absolute atomic E-state index is 11.6. The Morgan fingerprint density at radius 3 is 2.72 bits per heavy atom. The molecule has 8 heteroatoms. The van der Waals surface area contributed by atoms with Crippen LogP contribution in [0.5, 0.6) is 5.88 Å². The van der Waals surface area contributed by atoms with E-state index < -0.39 is 5.54 Å². The van der Waals surface area contributed by atoms with Crippen LogP contribution in [0.25, 0.3) is 10.8 Å². The highest BCUT2D eigenvalue weighted by Crippen LogP contribution is 2.33. The number of hydrogen-bond donors (Lipinski definition) is 1. The fraction of sp³-hybridized carbons (Fsp3) is 0.471.